The summed E-state index contributed by atoms with van der Waals surface area (Å²) in [7, 11) is 0. The third-order valence-corrected chi connectivity index (χ3v) is 4.60. The molecule has 0 radical (unpaired) electrons. The maximum atomic E-state index is 12.1. The Hall–Kier alpha value is -1.84. The fourth-order valence-electron chi connectivity index (χ4n) is 3.23. The number of carbonyl (C=O) groups excluding carboxylic acids is 1. The lowest BCUT2D eigenvalue weighted by atomic mass is 9.81. The molecule has 3 atom stereocenters. The quantitative estimate of drug-likeness (QED) is 0.938. The number of aromatic nitrogens is 1. The van der Waals surface area contributed by atoms with Crippen molar-refractivity contribution in [3.8, 4) is 0 Å². The minimum Gasteiger partial charge on any atom is -0.441 e. The first-order valence-corrected chi connectivity index (χ1v) is 7.82. The topological polar surface area (TPSA) is 55.1 Å². The molecule has 21 heavy (non-hydrogen) atoms. The summed E-state index contributed by atoms with van der Waals surface area (Å²) in [4.78, 5) is 16.6. The van der Waals surface area contributed by atoms with Crippen molar-refractivity contribution < 1.29 is 9.21 Å². The first kappa shape index (κ1) is 14.1. The van der Waals surface area contributed by atoms with E-state index in [0.717, 1.165) is 42.7 Å². The summed E-state index contributed by atoms with van der Waals surface area (Å²) in [5.41, 5.74) is 1.71. The maximum absolute atomic E-state index is 12.1. The molecule has 4 nitrogen and oxygen atoms in total. The van der Waals surface area contributed by atoms with Crippen LogP contribution in [0.5, 0.6) is 0 Å². The third kappa shape index (κ3) is 2.94. The highest BCUT2D eigenvalue weighted by molar-refractivity contribution is 5.79. The minimum absolute atomic E-state index is 0.0844. The first-order valence-electron chi connectivity index (χ1n) is 7.82. The predicted octanol–water partition coefficient (Wildman–Crippen LogP) is 3.31. The molecule has 0 saturated carbocycles. The molecule has 1 fully saturated rings. The smallest absolute Gasteiger partial charge is 0.223 e. The van der Waals surface area contributed by atoms with E-state index in [-0.39, 0.29) is 11.8 Å². The Balaban J connectivity index is 1.65. The van der Waals surface area contributed by atoms with Crippen LogP contribution in [0.1, 0.15) is 39.0 Å². The van der Waals surface area contributed by atoms with Gasteiger partial charge >= 0.3 is 0 Å². The molecule has 1 aliphatic heterocycles. The number of amides is 1. The average Bonchev–Trinajstić information content (AvgIpc) is 2.89. The van der Waals surface area contributed by atoms with Gasteiger partial charge in [0, 0.05) is 18.4 Å². The molecule has 0 spiro atoms. The predicted molar refractivity (Wildman–Crippen MR) is 81.8 cm³/mol. The molecule has 1 aromatic carbocycles. The van der Waals surface area contributed by atoms with Gasteiger partial charge in [0.2, 0.25) is 5.91 Å². The van der Waals surface area contributed by atoms with E-state index in [1.54, 1.807) is 0 Å². The number of aryl methyl sites for hydroxylation is 1. The summed E-state index contributed by atoms with van der Waals surface area (Å²) in [6.45, 7) is 4.29. The van der Waals surface area contributed by atoms with Crippen molar-refractivity contribution in [2.45, 2.75) is 45.6 Å². The highest BCUT2D eigenvalue weighted by Crippen LogP contribution is 2.28. The molecule has 0 bridgehead atoms. The molecule has 2 aromatic rings. The number of carbonyl (C=O) groups is 1. The van der Waals surface area contributed by atoms with E-state index in [4.69, 9.17) is 4.42 Å². The minimum atomic E-state index is 0.0844. The Bertz CT molecular complexity index is 602. The number of piperidine rings is 1. The molecule has 2 heterocycles. The first-order chi connectivity index (χ1) is 10.2. The van der Waals surface area contributed by atoms with Gasteiger partial charge in [0.1, 0.15) is 5.52 Å². The van der Waals surface area contributed by atoms with Crippen LogP contribution in [0, 0.1) is 11.8 Å². The van der Waals surface area contributed by atoms with Gasteiger partial charge in [0.15, 0.2) is 11.5 Å². The van der Waals surface area contributed by atoms with Gasteiger partial charge < -0.3 is 9.73 Å². The molecule has 4 heteroatoms. The molecule has 1 aromatic heterocycles. The van der Waals surface area contributed by atoms with Crippen LogP contribution in [0.25, 0.3) is 11.1 Å². The van der Waals surface area contributed by atoms with E-state index in [2.05, 4.69) is 24.1 Å². The Morgan fingerprint density at radius 1 is 1.38 bits per heavy atom. The summed E-state index contributed by atoms with van der Waals surface area (Å²) in [6, 6.07) is 8.07. The van der Waals surface area contributed by atoms with Crippen LogP contribution in [0.4, 0.5) is 0 Å². The lowest BCUT2D eigenvalue weighted by molar-refractivity contribution is -0.129. The Morgan fingerprint density at radius 3 is 2.95 bits per heavy atom. The van der Waals surface area contributed by atoms with Crippen molar-refractivity contribution in [3.63, 3.8) is 0 Å². The molecule has 1 N–H and O–H groups in total. The number of benzene rings is 1. The van der Waals surface area contributed by atoms with Crippen molar-refractivity contribution in [3.05, 3.63) is 30.2 Å². The van der Waals surface area contributed by atoms with Gasteiger partial charge in [0.05, 0.1) is 0 Å². The lowest BCUT2D eigenvalue weighted by Gasteiger charge is -2.34. The highest BCUT2D eigenvalue weighted by atomic mass is 16.3. The zero-order valence-corrected chi connectivity index (χ0v) is 12.6. The SMILES string of the molecule is CCC1CC(CCc2nc3ccccc3o2)C(=O)NC1C. The van der Waals surface area contributed by atoms with Crippen molar-refractivity contribution in [2.24, 2.45) is 11.8 Å². The highest BCUT2D eigenvalue weighted by Gasteiger charge is 2.32. The van der Waals surface area contributed by atoms with Gasteiger partial charge in [-0.2, -0.15) is 0 Å². The maximum Gasteiger partial charge on any atom is 0.223 e. The van der Waals surface area contributed by atoms with E-state index in [9.17, 15) is 4.79 Å². The number of oxazole rings is 1. The van der Waals surface area contributed by atoms with E-state index < -0.39 is 0 Å². The average molecular weight is 286 g/mol. The number of nitrogens with zero attached hydrogens (tertiary/aromatic N) is 1. The fraction of sp³-hybridized carbons (Fsp3) is 0.529. The monoisotopic (exact) mass is 286 g/mol. The van der Waals surface area contributed by atoms with Crippen molar-refractivity contribution in [2.75, 3.05) is 0 Å². The number of nitrogens with one attached hydrogen (secondary N) is 1. The number of fused-ring (bicyclic) bond motifs is 1. The summed E-state index contributed by atoms with van der Waals surface area (Å²) in [5.74, 6) is 1.58. The Morgan fingerprint density at radius 2 is 2.19 bits per heavy atom. The standard InChI is InChI=1S/C17H22N2O2/c1-3-12-10-13(17(20)18-11(12)2)8-9-16-19-14-6-4-5-7-15(14)21-16/h4-7,11-13H,3,8-10H2,1-2H3,(H,18,20). The summed E-state index contributed by atoms with van der Waals surface area (Å²) in [6.07, 6.45) is 3.62. The molecule has 112 valence electrons. The number of hydrogen-bond donors (Lipinski definition) is 1. The summed E-state index contributed by atoms with van der Waals surface area (Å²) in [5, 5.41) is 3.10. The second-order valence-corrected chi connectivity index (χ2v) is 6.01. The zero-order valence-electron chi connectivity index (χ0n) is 12.6. The molecule has 3 rings (SSSR count). The molecular weight excluding hydrogens is 264 g/mol. The number of rotatable bonds is 4. The van der Waals surface area contributed by atoms with Gasteiger partial charge in [-0.15, -0.1) is 0 Å². The molecule has 3 unspecified atom stereocenters. The molecule has 1 amide bonds. The molecule has 0 aliphatic carbocycles. The van der Waals surface area contributed by atoms with Crippen molar-refractivity contribution in [1.29, 1.82) is 0 Å². The molecule has 1 saturated heterocycles. The number of para-hydroxylation sites is 2. The van der Waals surface area contributed by atoms with Crippen LogP contribution >= 0.6 is 0 Å². The van der Waals surface area contributed by atoms with Crippen LogP contribution < -0.4 is 5.32 Å². The Kier molecular flexibility index (Phi) is 3.95. The van der Waals surface area contributed by atoms with Gasteiger partial charge in [-0.1, -0.05) is 25.5 Å². The van der Waals surface area contributed by atoms with E-state index in [1.165, 1.54) is 0 Å². The van der Waals surface area contributed by atoms with Crippen LogP contribution in [0.2, 0.25) is 0 Å². The van der Waals surface area contributed by atoms with E-state index in [1.807, 2.05) is 24.3 Å². The molecular formula is C17H22N2O2. The summed E-state index contributed by atoms with van der Waals surface area (Å²) >= 11 is 0. The Labute approximate surface area is 124 Å². The zero-order chi connectivity index (χ0) is 14.8. The van der Waals surface area contributed by atoms with Crippen LogP contribution in [0.3, 0.4) is 0 Å². The van der Waals surface area contributed by atoms with Gasteiger partial charge in [0.25, 0.3) is 0 Å². The molecule has 1 aliphatic rings. The third-order valence-electron chi connectivity index (χ3n) is 4.60. The summed E-state index contributed by atoms with van der Waals surface area (Å²) < 4.78 is 5.73. The van der Waals surface area contributed by atoms with Crippen molar-refractivity contribution in [1.82, 2.24) is 10.3 Å². The van der Waals surface area contributed by atoms with E-state index in [0.29, 0.717) is 12.0 Å². The fourth-order valence-corrected chi connectivity index (χ4v) is 3.23. The van der Waals surface area contributed by atoms with E-state index >= 15 is 0 Å². The van der Waals surface area contributed by atoms with Gasteiger partial charge in [-0.3, -0.25) is 4.79 Å². The normalized spacial score (nSPS) is 26.0. The van der Waals surface area contributed by atoms with Crippen LogP contribution in [0.15, 0.2) is 28.7 Å². The van der Waals surface area contributed by atoms with Gasteiger partial charge in [-0.05, 0) is 37.8 Å². The van der Waals surface area contributed by atoms with Crippen LogP contribution in [-0.2, 0) is 11.2 Å². The van der Waals surface area contributed by atoms with Crippen molar-refractivity contribution >= 4 is 17.0 Å². The van der Waals surface area contributed by atoms with Gasteiger partial charge in [-0.25, -0.2) is 4.98 Å². The lowest BCUT2D eigenvalue weighted by Crippen LogP contribution is -2.47. The number of hydrogen-bond acceptors (Lipinski definition) is 3. The van der Waals surface area contributed by atoms with Crippen LogP contribution in [-0.4, -0.2) is 16.9 Å². The second-order valence-electron chi connectivity index (χ2n) is 6.01. The largest absolute Gasteiger partial charge is 0.441 e. The second kappa shape index (κ2) is 5.88.